The topological polar surface area (TPSA) is 64.3 Å². The molecule has 1 aliphatic heterocycles. The molecule has 1 N–H and O–H groups in total. The second kappa shape index (κ2) is 9.55. The predicted molar refractivity (Wildman–Crippen MR) is 124 cm³/mol. The molecular weight excluding hydrogens is 404 g/mol. The molecule has 3 aromatic rings. The number of phenols is 1. The molecule has 0 radical (unpaired) electrons. The van der Waals surface area contributed by atoms with Crippen molar-refractivity contribution >= 4 is 23.2 Å². The Morgan fingerprint density at radius 2 is 1.77 bits per heavy atom. The highest BCUT2D eigenvalue weighted by Crippen LogP contribution is 2.29. The summed E-state index contributed by atoms with van der Waals surface area (Å²) in [5, 5.41) is 18.4. The number of phenolic OH excluding ortho intramolecular Hbond substituents is 1. The van der Waals surface area contributed by atoms with E-state index in [-0.39, 0.29) is 11.7 Å². The average molecular weight is 427 g/mol. The molecule has 0 bridgehead atoms. The van der Waals surface area contributed by atoms with E-state index in [9.17, 15) is 9.90 Å². The van der Waals surface area contributed by atoms with Gasteiger partial charge in [0.25, 0.3) is 5.91 Å². The van der Waals surface area contributed by atoms with Gasteiger partial charge in [0, 0.05) is 23.7 Å². The molecule has 5 heteroatoms. The number of nitriles is 1. The molecule has 154 valence electrons. The smallest absolute Gasteiger partial charge is 0.255 e. The molecule has 0 saturated heterocycles. The highest BCUT2D eigenvalue weighted by Gasteiger charge is 2.21. The van der Waals surface area contributed by atoms with Crippen molar-refractivity contribution in [2.75, 3.05) is 13.1 Å². The summed E-state index contributed by atoms with van der Waals surface area (Å²) in [6, 6.07) is 24.6. The average Bonchev–Trinajstić information content (AvgIpc) is 2.83. The van der Waals surface area contributed by atoms with E-state index in [1.165, 1.54) is 5.57 Å². The Morgan fingerprint density at radius 1 is 1.03 bits per heavy atom. The van der Waals surface area contributed by atoms with Crippen molar-refractivity contribution in [3.05, 3.63) is 101 Å². The maximum absolute atomic E-state index is 13.2. The van der Waals surface area contributed by atoms with Crippen molar-refractivity contribution in [2.45, 2.75) is 17.1 Å². The fourth-order valence-corrected chi connectivity index (χ4v) is 4.57. The number of aromatic hydroxyl groups is 1. The van der Waals surface area contributed by atoms with E-state index >= 15 is 0 Å². The van der Waals surface area contributed by atoms with Crippen LogP contribution in [0.25, 0.3) is 5.57 Å². The van der Waals surface area contributed by atoms with Gasteiger partial charge in [-0.25, -0.2) is 0 Å². The fourth-order valence-electron chi connectivity index (χ4n) is 3.57. The lowest BCUT2D eigenvalue weighted by molar-refractivity contribution is 0.0769. The first-order chi connectivity index (χ1) is 15.1. The van der Waals surface area contributed by atoms with Crippen molar-refractivity contribution in [2.24, 2.45) is 0 Å². The van der Waals surface area contributed by atoms with Crippen molar-refractivity contribution in [3.8, 4) is 11.8 Å². The first-order valence-corrected chi connectivity index (χ1v) is 11.1. The second-order valence-corrected chi connectivity index (χ2v) is 8.39. The molecule has 1 heterocycles. The van der Waals surface area contributed by atoms with Crippen LogP contribution >= 0.6 is 11.8 Å². The molecule has 4 rings (SSSR count). The van der Waals surface area contributed by atoms with E-state index in [1.807, 2.05) is 65.6 Å². The van der Waals surface area contributed by atoms with Crippen LogP contribution in [0, 0.1) is 11.3 Å². The van der Waals surface area contributed by atoms with Crippen molar-refractivity contribution in [1.82, 2.24) is 4.90 Å². The third kappa shape index (κ3) is 4.99. The zero-order valence-electron chi connectivity index (χ0n) is 17.0. The van der Waals surface area contributed by atoms with Crippen LogP contribution in [-0.4, -0.2) is 29.0 Å². The lowest BCUT2D eigenvalue weighted by Gasteiger charge is -2.27. The number of hydrogen-bond donors (Lipinski definition) is 1. The van der Waals surface area contributed by atoms with Crippen LogP contribution in [0.5, 0.6) is 5.75 Å². The van der Waals surface area contributed by atoms with Gasteiger partial charge in [0.1, 0.15) is 5.75 Å². The number of nitrogens with zero attached hydrogens (tertiary/aromatic N) is 2. The number of amides is 1. The third-order valence-corrected chi connectivity index (χ3v) is 6.47. The standard InChI is InChI=1S/C26H22N2O2S/c27-17-19-5-7-20(8-6-19)18-31-25-4-2-1-3-24(25)26(30)28-15-13-22(14-16-28)21-9-11-23(29)12-10-21/h1-13,29H,14-16,18H2. The van der Waals surface area contributed by atoms with Gasteiger partial charge in [-0.2, -0.15) is 5.26 Å². The second-order valence-electron chi connectivity index (χ2n) is 7.37. The minimum atomic E-state index is 0.0453. The first-order valence-electron chi connectivity index (χ1n) is 10.1. The molecule has 31 heavy (non-hydrogen) atoms. The maximum Gasteiger partial charge on any atom is 0.255 e. The van der Waals surface area contributed by atoms with Crippen molar-refractivity contribution < 1.29 is 9.90 Å². The lowest BCUT2D eigenvalue weighted by atomic mass is 9.99. The molecule has 0 unspecified atom stereocenters. The van der Waals surface area contributed by atoms with Crippen LogP contribution < -0.4 is 0 Å². The SMILES string of the molecule is N#Cc1ccc(CSc2ccccc2C(=O)N2CC=C(c3ccc(O)cc3)CC2)cc1. The molecule has 0 atom stereocenters. The van der Waals surface area contributed by atoms with Gasteiger partial charge in [-0.3, -0.25) is 4.79 Å². The van der Waals surface area contributed by atoms with Crippen LogP contribution in [-0.2, 0) is 5.75 Å². The highest BCUT2D eigenvalue weighted by molar-refractivity contribution is 7.98. The molecule has 0 aromatic heterocycles. The van der Waals surface area contributed by atoms with Gasteiger partial charge in [-0.15, -0.1) is 11.8 Å². The monoisotopic (exact) mass is 426 g/mol. The molecule has 3 aromatic carbocycles. The Bertz CT molecular complexity index is 1150. The van der Waals surface area contributed by atoms with Gasteiger partial charge in [0.05, 0.1) is 17.2 Å². The zero-order chi connectivity index (χ0) is 21.6. The zero-order valence-corrected chi connectivity index (χ0v) is 17.8. The van der Waals surface area contributed by atoms with Gasteiger partial charge in [-0.05, 0) is 59.5 Å². The van der Waals surface area contributed by atoms with Crippen LogP contribution in [0.15, 0.2) is 83.8 Å². The first kappa shape index (κ1) is 20.8. The molecular formula is C26H22N2O2S. The minimum absolute atomic E-state index is 0.0453. The summed E-state index contributed by atoms with van der Waals surface area (Å²) < 4.78 is 0. The number of benzene rings is 3. The summed E-state index contributed by atoms with van der Waals surface area (Å²) in [5.74, 6) is 1.04. The van der Waals surface area contributed by atoms with Crippen molar-refractivity contribution in [1.29, 1.82) is 5.26 Å². The summed E-state index contributed by atoms with van der Waals surface area (Å²) >= 11 is 1.64. The number of carbonyl (C=O) groups excluding carboxylic acids is 1. The largest absolute Gasteiger partial charge is 0.508 e. The summed E-state index contributed by atoms with van der Waals surface area (Å²) in [5.41, 5.74) is 4.78. The van der Waals surface area contributed by atoms with E-state index in [1.54, 1.807) is 23.9 Å². The predicted octanol–water partition coefficient (Wildman–Crippen LogP) is 5.49. The lowest BCUT2D eigenvalue weighted by Crippen LogP contribution is -2.34. The molecule has 4 nitrogen and oxygen atoms in total. The number of rotatable bonds is 5. The van der Waals surface area contributed by atoms with E-state index in [0.29, 0.717) is 18.7 Å². The Labute approximate surface area is 186 Å². The Morgan fingerprint density at radius 3 is 2.45 bits per heavy atom. The fraction of sp³-hybridized carbons (Fsp3) is 0.154. The Hall–Kier alpha value is -3.49. The Balaban J connectivity index is 1.44. The van der Waals surface area contributed by atoms with Crippen molar-refractivity contribution in [3.63, 3.8) is 0 Å². The number of carbonyl (C=O) groups is 1. The molecule has 1 amide bonds. The summed E-state index contributed by atoms with van der Waals surface area (Å²) in [6.45, 7) is 1.24. The number of hydrogen-bond acceptors (Lipinski definition) is 4. The molecule has 1 aliphatic rings. The quantitative estimate of drug-likeness (QED) is 0.548. The van der Waals surface area contributed by atoms with Gasteiger partial charge in [0.2, 0.25) is 0 Å². The van der Waals surface area contributed by atoms with Gasteiger partial charge in [-0.1, -0.05) is 42.5 Å². The van der Waals surface area contributed by atoms with Crippen LogP contribution in [0.1, 0.15) is 33.5 Å². The van der Waals surface area contributed by atoms with E-state index in [4.69, 9.17) is 5.26 Å². The molecule has 0 spiro atoms. The molecule has 0 fully saturated rings. The summed E-state index contributed by atoms with van der Waals surface area (Å²) in [7, 11) is 0. The van der Waals surface area contributed by atoms with E-state index in [0.717, 1.165) is 33.8 Å². The summed E-state index contributed by atoms with van der Waals surface area (Å²) in [4.78, 5) is 16.1. The van der Waals surface area contributed by atoms with Crippen LogP contribution in [0.4, 0.5) is 0 Å². The van der Waals surface area contributed by atoms with E-state index in [2.05, 4.69) is 12.1 Å². The minimum Gasteiger partial charge on any atom is -0.508 e. The normalized spacial score (nSPS) is 13.4. The summed E-state index contributed by atoms with van der Waals surface area (Å²) in [6.07, 6.45) is 2.89. The maximum atomic E-state index is 13.2. The Kier molecular flexibility index (Phi) is 6.40. The highest BCUT2D eigenvalue weighted by atomic mass is 32.2. The molecule has 0 saturated carbocycles. The van der Waals surface area contributed by atoms with Crippen LogP contribution in [0.2, 0.25) is 0 Å². The third-order valence-electron chi connectivity index (χ3n) is 5.33. The molecule has 0 aliphatic carbocycles. The van der Waals surface area contributed by atoms with Gasteiger partial charge >= 0.3 is 0 Å². The van der Waals surface area contributed by atoms with Gasteiger partial charge in [0.15, 0.2) is 0 Å². The van der Waals surface area contributed by atoms with E-state index < -0.39 is 0 Å². The number of thioether (sulfide) groups is 1. The van der Waals surface area contributed by atoms with Crippen LogP contribution in [0.3, 0.4) is 0 Å². The van der Waals surface area contributed by atoms with Gasteiger partial charge < -0.3 is 10.0 Å².